The van der Waals surface area contributed by atoms with Crippen molar-refractivity contribution in [2.75, 3.05) is 0 Å². The van der Waals surface area contributed by atoms with Gasteiger partial charge in [-0.05, 0) is 37.1 Å². The molecule has 0 amide bonds. The third kappa shape index (κ3) is 2.32. The number of hydrogen-bond acceptors (Lipinski definition) is 2. The molecule has 0 aliphatic carbocycles. The molecule has 0 bridgehead atoms. The zero-order chi connectivity index (χ0) is 13.1. The number of aryl methyl sites for hydroxylation is 2. The third-order valence-corrected chi connectivity index (χ3v) is 2.83. The molecule has 2 aromatic rings. The summed E-state index contributed by atoms with van der Waals surface area (Å²) in [6, 6.07) is 4.16. The molecule has 0 radical (unpaired) electrons. The first-order valence-electron chi connectivity index (χ1n) is 5.95. The van der Waals surface area contributed by atoms with E-state index in [1.54, 1.807) is 0 Å². The summed E-state index contributed by atoms with van der Waals surface area (Å²) >= 11 is 0. The normalized spacial score (nSPS) is 10.6. The highest BCUT2D eigenvalue weighted by Crippen LogP contribution is 2.26. The quantitative estimate of drug-likeness (QED) is 0.776. The van der Waals surface area contributed by atoms with Crippen LogP contribution in [0.25, 0.3) is 11.1 Å². The number of carbonyl (C=O) groups excluding carboxylic acids is 1. The van der Waals surface area contributed by atoms with Crippen molar-refractivity contribution in [3.8, 4) is 11.1 Å². The van der Waals surface area contributed by atoms with Crippen molar-refractivity contribution in [2.24, 2.45) is 0 Å². The highest BCUT2D eigenvalue weighted by molar-refractivity contribution is 5.87. The Morgan fingerprint density at radius 2 is 2.17 bits per heavy atom. The van der Waals surface area contributed by atoms with Crippen LogP contribution in [0.3, 0.4) is 0 Å². The molecule has 0 spiro atoms. The molecular formula is C14H15FN2O. The predicted molar refractivity (Wildman–Crippen MR) is 68.0 cm³/mol. The maximum Gasteiger partial charge on any atom is 0.150 e. The summed E-state index contributed by atoms with van der Waals surface area (Å²) in [5.41, 5.74) is 2.70. The second kappa shape index (κ2) is 5.12. The van der Waals surface area contributed by atoms with Crippen molar-refractivity contribution in [2.45, 2.75) is 26.8 Å². The van der Waals surface area contributed by atoms with Crippen LogP contribution in [0.15, 0.2) is 24.4 Å². The third-order valence-electron chi connectivity index (χ3n) is 2.83. The molecule has 3 nitrogen and oxygen atoms in total. The molecule has 18 heavy (non-hydrogen) atoms. The van der Waals surface area contributed by atoms with Gasteiger partial charge >= 0.3 is 0 Å². The van der Waals surface area contributed by atoms with Crippen molar-refractivity contribution >= 4 is 6.29 Å². The zero-order valence-corrected chi connectivity index (χ0v) is 10.5. The molecule has 0 aliphatic heterocycles. The number of hydrogen-bond donors (Lipinski definition) is 0. The van der Waals surface area contributed by atoms with Gasteiger partial charge in [0, 0.05) is 23.9 Å². The lowest BCUT2D eigenvalue weighted by Gasteiger charge is -2.03. The Hall–Kier alpha value is -1.97. The summed E-state index contributed by atoms with van der Waals surface area (Å²) in [4.78, 5) is 11.0. The Labute approximate surface area is 105 Å². The van der Waals surface area contributed by atoms with Gasteiger partial charge in [0.1, 0.15) is 5.82 Å². The predicted octanol–water partition coefficient (Wildman–Crippen LogP) is 3.22. The Morgan fingerprint density at radius 3 is 2.83 bits per heavy atom. The molecule has 0 atom stereocenters. The molecule has 0 unspecified atom stereocenters. The van der Waals surface area contributed by atoms with Crippen LogP contribution < -0.4 is 0 Å². The fourth-order valence-corrected chi connectivity index (χ4v) is 1.99. The van der Waals surface area contributed by atoms with E-state index >= 15 is 0 Å². The number of rotatable bonds is 4. The molecule has 0 saturated carbocycles. The van der Waals surface area contributed by atoms with Crippen molar-refractivity contribution in [1.82, 2.24) is 9.78 Å². The number of nitrogens with zero attached hydrogens (tertiary/aromatic N) is 2. The fourth-order valence-electron chi connectivity index (χ4n) is 1.99. The molecule has 0 N–H and O–H groups in total. The fraction of sp³-hybridized carbons (Fsp3) is 0.286. The molecular weight excluding hydrogens is 231 g/mol. The van der Waals surface area contributed by atoms with Crippen LogP contribution >= 0.6 is 0 Å². The lowest BCUT2D eigenvalue weighted by Crippen LogP contribution is -1.96. The van der Waals surface area contributed by atoms with Crippen LogP contribution in [0, 0.1) is 12.7 Å². The van der Waals surface area contributed by atoms with Gasteiger partial charge in [-0.1, -0.05) is 6.92 Å². The SMILES string of the molecule is CCCn1cc(-c2cc(F)ccc2C=O)c(C)n1. The van der Waals surface area contributed by atoms with Crippen molar-refractivity contribution in [1.29, 1.82) is 0 Å². The summed E-state index contributed by atoms with van der Waals surface area (Å²) in [5.74, 6) is -0.349. The Bertz CT molecular complexity index is 575. The number of aldehydes is 1. The van der Waals surface area contributed by atoms with Gasteiger partial charge in [0.25, 0.3) is 0 Å². The Balaban J connectivity index is 2.53. The van der Waals surface area contributed by atoms with Gasteiger partial charge in [-0.2, -0.15) is 5.10 Å². The number of benzene rings is 1. The lowest BCUT2D eigenvalue weighted by atomic mass is 10.0. The molecule has 4 heteroatoms. The van der Waals surface area contributed by atoms with Gasteiger partial charge in [0.2, 0.25) is 0 Å². The van der Waals surface area contributed by atoms with E-state index in [4.69, 9.17) is 0 Å². The molecule has 0 saturated heterocycles. The van der Waals surface area contributed by atoms with Gasteiger partial charge in [-0.3, -0.25) is 9.48 Å². The monoisotopic (exact) mass is 246 g/mol. The van der Waals surface area contributed by atoms with Crippen molar-refractivity contribution < 1.29 is 9.18 Å². The van der Waals surface area contributed by atoms with E-state index in [1.807, 2.05) is 17.8 Å². The topological polar surface area (TPSA) is 34.9 Å². The van der Waals surface area contributed by atoms with Crippen LogP contribution in [0.2, 0.25) is 0 Å². The number of carbonyl (C=O) groups is 1. The number of aromatic nitrogens is 2. The van der Waals surface area contributed by atoms with E-state index in [2.05, 4.69) is 12.0 Å². The largest absolute Gasteiger partial charge is 0.298 e. The molecule has 1 aromatic carbocycles. The average Bonchev–Trinajstić information content (AvgIpc) is 2.70. The van der Waals surface area contributed by atoms with E-state index in [0.29, 0.717) is 11.1 Å². The van der Waals surface area contributed by atoms with Gasteiger partial charge in [-0.25, -0.2) is 4.39 Å². The van der Waals surface area contributed by atoms with Gasteiger partial charge in [0.05, 0.1) is 5.69 Å². The van der Waals surface area contributed by atoms with Gasteiger partial charge < -0.3 is 0 Å². The Kier molecular flexibility index (Phi) is 3.55. The summed E-state index contributed by atoms with van der Waals surface area (Å²) in [5, 5.41) is 4.36. The molecule has 2 rings (SSSR count). The van der Waals surface area contributed by atoms with Crippen LogP contribution in [0.1, 0.15) is 29.4 Å². The lowest BCUT2D eigenvalue weighted by molar-refractivity contribution is 0.112. The van der Waals surface area contributed by atoms with E-state index in [1.165, 1.54) is 18.2 Å². The van der Waals surface area contributed by atoms with Crippen LogP contribution in [-0.4, -0.2) is 16.1 Å². The average molecular weight is 246 g/mol. The van der Waals surface area contributed by atoms with Crippen molar-refractivity contribution in [3.05, 3.63) is 41.5 Å². The highest BCUT2D eigenvalue weighted by atomic mass is 19.1. The van der Waals surface area contributed by atoms with Gasteiger partial charge in [-0.15, -0.1) is 0 Å². The second-order valence-electron chi connectivity index (χ2n) is 4.24. The summed E-state index contributed by atoms with van der Waals surface area (Å²) in [6.45, 7) is 4.74. The second-order valence-corrected chi connectivity index (χ2v) is 4.24. The minimum Gasteiger partial charge on any atom is -0.298 e. The number of halogens is 1. The zero-order valence-electron chi connectivity index (χ0n) is 10.5. The first kappa shape index (κ1) is 12.5. The maximum atomic E-state index is 13.3. The summed E-state index contributed by atoms with van der Waals surface area (Å²) in [6.07, 6.45) is 3.58. The van der Waals surface area contributed by atoms with Crippen LogP contribution in [0.5, 0.6) is 0 Å². The van der Waals surface area contributed by atoms with E-state index in [0.717, 1.165) is 30.5 Å². The molecule has 1 heterocycles. The summed E-state index contributed by atoms with van der Waals surface area (Å²) < 4.78 is 15.1. The summed E-state index contributed by atoms with van der Waals surface area (Å²) in [7, 11) is 0. The van der Waals surface area contributed by atoms with Crippen molar-refractivity contribution in [3.63, 3.8) is 0 Å². The van der Waals surface area contributed by atoms with E-state index in [-0.39, 0.29) is 5.82 Å². The van der Waals surface area contributed by atoms with Crippen LogP contribution in [-0.2, 0) is 6.54 Å². The molecule has 0 aliphatic rings. The van der Waals surface area contributed by atoms with Crippen LogP contribution in [0.4, 0.5) is 4.39 Å². The standard InChI is InChI=1S/C14H15FN2O/c1-3-6-17-8-14(10(2)16-17)13-7-12(15)5-4-11(13)9-18/h4-5,7-9H,3,6H2,1-2H3. The Morgan fingerprint density at radius 1 is 1.39 bits per heavy atom. The smallest absolute Gasteiger partial charge is 0.150 e. The molecule has 0 fully saturated rings. The maximum absolute atomic E-state index is 13.3. The minimum absolute atomic E-state index is 0.349. The minimum atomic E-state index is -0.349. The molecule has 1 aromatic heterocycles. The first-order chi connectivity index (χ1) is 8.65. The van der Waals surface area contributed by atoms with E-state index in [9.17, 15) is 9.18 Å². The highest BCUT2D eigenvalue weighted by Gasteiger charge is 2.12. The van der Waals surface area contributed by atoms with Gasteiger partial charge in [0.15, 0.2) is 6.29 Å². The first-order valence-corrected chi connectivity index (χ1v) is 5.95. The van der Waals surface area contributed by atoms with E-state index < -0.39 is 0 Å². The molecule has 94 valence electrons.